The Hall–Kier alpha value is -1.07. The van der Waals surface area contributed by atoms with Crippen molar-refractivity contribution in [2.45, 2.75) is 37.1 Å². The molecular weight excluding hydrogens is 260 g/mol. The number of anilines is 1. The minimum absolute atomic E-state index is 0.152. The van der Waals surface area contributed by atoms with Crippen molar-refractivity contribution >= 4 is 15.7 Å². The summed E-state index contributed by atoms with van der Waals surface area (Å²) >= 11 is 0. The predicted octanol–water partition coefficient (Wildman–Crippen LogP) is 2.20. The molecule has 2 N–H and O–H groups in total. The second kappa shape index (κ2) is 4.80. The van der Waals surface area contributed by atoms with Gasteiger partial charge in [-0.3, -0.25) is 0 Å². The molecule has 0 amide bonds. The van der Waals surface area contributed by atoms with E-state index in [2.05, 4.69) is 17.0 Å². The van der Waals surface area contributed by atoms with Gasteiger partial charge in [-0.2, -0.15) is 0 Å². The molecule has 2 aliphatic carbocycles. The van der Waals surface area contributed by atoms with Crippen LogP contribution in [0.4, 0.5) is 5.69 Å². The highest BCUT2D eigenvalue weighted by molar-refractivity contribution is 7.89. The van der Waals surface area contributed by atoms with Crippen LogP contribution in [-0.4, -0.2) is 21.0 Å². The monoisotopic (exact) mass is 280 g/mol. The molecule has 2 aliphatic rings. The molecule has 2 saturated carbocycles. The Kier molecular flexibility index (Phi) is 3.27. The zero-order valence-electron chi connectivity index (χ0n) is 11.1. The first kappa shape index (κ1) is 12.9. The summed E-state index contributed by atoms with van der Waals surface area (Å²) < 4.78 is 26.6. The molecule has 0 bridgehead atoms. The molecule has 4 nitrogen and oxygen atoms in total. The molecule has 104 valence electrons. The third-order valence-corrected chi connectivity index (χ3v) is 5.44. The van der Waals surface area contributed by atoms with E-state index in [0.29, 0.717) is 4.90 Å². The van der Waals surface area contributed by atoms with E-state index in [4.69, 9.17) is 0 Å². The standard InChI is InChI=1S/C14H20N2O2S/c1-10-8-11(10)9-15-12-4-6-14(7-5-12)19(17,18)16-13-2-3-13/h4-7,10-11,13,15-16H,2-3,8-9H2,1H3. The molecule has 3 rings (SSSR count). The first-order valence-corrected chi connectivity index (χ1v) is 8.39. The predicted molar refractivity (Wildman–Crippen MR) is 75.5 cm³/mol. The van der Waals surface area contributed by atoms with Crippen LogP contribution in [0.5, 0.6) is 0 Å². The molecular formula is C14H20N2O2S. The highest BCUT2D eigenvalue weighted by Gasteiger charge is 2.32. The van der Waals surface area contributed by atoms with Gasteiger partial charge >= 0.3 is 0 Å². The lowest BCUT2D eigenvalue weighted by molar-refractivity contribution is 0.581. The van der Waals surface area contributed by atoms with Crippen molar-refractivity contribution in [3.8, 4) is 0 Å². The zero-order chi connectivity index (χ0) is 13.5. The maximum absolute atomic E-state index is 12.0. The third-order valence-electron chi connectivity index (χ3n) is 3.91. The highest BCUT2D eigenvalue weighted by Crippen LogP contribution is 2.37. The molecule has 0 saturated heterocycles. The van der Waals surface area contributed by atoms with Gasteiger partial charge in [0, 0.05) is 18.3 Å². The summed E-state index contributed by atoms with van der Waals surface area (Å²) in [5.41, 5.74) is 0.990. The molecule has 2 unspecified atom stereocenters. The maximum Gasteiger partial charge on any atom is 0.240 e. The summed E-state index contributed by atoms with van der Waals surface area (Å²) in [6, 6.07) is 7.18. The van der Waals surface area contributed by atoms with E-state index in [1.807, 2.05) is 12.1 Å². The average molecular weight is 280 g/mol. The fourth-order valence-electron chi connectivity index (χ4n) is 2.17. The molecule has 0 aromatic heterocycles. The number of benzene rings is 1. The van der Waals surface area contributed by atoms with E-state index < -0.39 is 10.0 Å². The first-order valence-electron chi connectivity index (χ1n) is 6.91. The number of hydrogen-bond donors (Lipinski definition) is 2. The molecule has 1 aromatic carbocycles. The lowest BCUT2D eigenvalue weighted by atomic mass is 10.3. The Morgan fingerprint density at radius 3 is 2.37 bits per heavy atom. The lowest BCUT2D eigenvalue weighted by Gasteiger charge is -2.08. The number of rotatable bonds is 6. The first-order chi connectivity index (χ1) is 9.04. The van der Waals surface area contributed by atoms with Crippen molar-refractivity contribution in [2.75, 3.05) is 11.9 Å². The Labute approximate surface area is 114 Å². The Bertz CT molecular complexity index is 549. The molecule has 2 fully saturated rings. The quantitative estimate of drug-likeness (QED) is 0.840. The van der Waals surface area contributed by atoms with Crippen LogP contribution in [0, 0.1) is 11.8 Å². The molecule has 2 atom stereocenters. The zero-order valence-corrected chi connectivity index (χ0v) is 11.9. The van der Waals surface area contributed by atoms with Crippen molar-refractivity contribution in [1.29, 1.82) is 0 Å². The summed E-state index contributed by atoms with van der Waals surface area (Å²) in [5.74, 6) is 1.61. The van der Waals surface area contributed by atoms with E-state index in [-0.39, 0.29) is 6.04 Å². The van der Waals surface area contributed by atoms with E-state index in [1.54, 1.807) is 12.1 Å². The normalized spacial score (nSPS) is 26.2. The van der Waals surface area contributed by atoms with Crippen LogP contribution in [0.15, 0.2) is 29.2 Å². The average Bonchev–Trinajstić information content (AvgIpc) is 3.27. The van der Waals surface area contributed by atoms with E-state index in [1.165, 1.54) is 6.42 Å². The minimum Gasteiger partial charge on any atom is -0.385 e. The van der Waals surface area contributed by atoms with Crippen LogP contribution in [0.1, 0.15) is 26.2 Å². The van der Waals surface area contributed by atoms with Crippen LogP contribution in [0.2, 0.25) is 0 Å². The molecule has 0 aliphatic heterocycles. The van der Waals surface area contributed by atoms with Gasteiger partial charge in [-0.15, -0.1) is 0 Å². The Morgan fingerprint density at radius 1 is 1.21 bits per heavy atom. The van der Waals surface area contributed by atoms with Gasteiger partial charge in [0.05, 0.1) is 4.90 Å². The third kappa shape index (κ3) is 3.28. The van der Waals surface area contributed by atoms with Crippen LogP contribution in [0.25, 0.3) is 0 Å². The van der Waals surface area contributed by atoms with Crippen molar-refractivity contribution in [2.24, 2.45) is 11.8 Å². The van der Waals surface area contributed by atoms with Crippen molar-refractivity contribution in [1.82, 2.24) is 4.72 Å². The lowest BCUT2D eigenvalue weighted by Crippen LogP contribution is -2.25. The van der Waals surface area contributed by atoms with E-state index >= 15 is 0 Å². The van der Waals surface area contributed by atoms with Gasteiger partial charge in [0.2, 0.25) is 10.0 Å². The number of sulfonamides is 1. The summed E-state index contributed by atoms with van der Waals surface area (Å²) in [6.07, 6.45) is 3.21. The van der Waals surface area contributed by atoms with Gasteiger partial charge in [0.1, 0.15) is 0 Å². The Morgan fingerprint density at radius 2 is 1.84 bits per heavy atom. The van der Waals surface area contributed by atoms with Crippen LogP contribution >= 0.6 is 0 Å². The summed E-state index contributed by atoms with van der Waals surface area (Å²) in [6.45, 7) is 3.24. The maximum atomic E-state index is 12.0. The van der Waals surface area contributed by atoms with Gasteiger partial charge in [0.15, 0.2) is 0 Å². The highest BCUT2D eigenvalue weighted by atomic mass is 32.2. The summed E-state index contributed by atoms with van der Waals surface area (Å²) in [4.78, 5) is 0.352. The second-order valence-electron chi connectivity index (χ2n) is 5.77. The Balaban J connectivity index is 1.61. The van der Waals surface area contributed by atoms with Crippen molar-refractivity contribution in [3.63, 3.8) is 0 Å². The van der Waals surface area contributed by atoms with Gasteiger partial charge in [-0.25, -0.2) is 13.1 Å². The topological polar surface area (TPSA) is 58.2 Å². The van der Waals surface area contributed by atoms with Gasteiger partial charge in [0.25, 0.3) is 0 Å². The molecule has 1 aromatic rings. The van der Waals surface area contributed by atoms with Crippen molar-refractivity contribution < 1.29 is 8.42 Å². The smallest absolute Gasteiger partial charge is 0.240 e. The van der Waals surface area contributed by atoms with Crippen molar-refractivity contribution in [3.05, 3.63) is 24.3 Å². The molecule has 0 heterocycles. The molecule has 0 radical (unpaired) electrons. The minimum atomic E-state index is -3.32. The SMILES string of the molecule is CC1CC1CNc1ccc(S(=O)(=O)NC2CC2)cc1. The number of hydrogen-bond acceptors (Lipinski definition) is 3. The van der Waals surface area contributed by atoms with E-state index in [9.17, 15) is 8.42 Å². The molecule has 0 spiro atoms. The fourth-order valence-corrected chi connectivity index (χ4v) is 3.48. The van der Waals surface area contributed by atoms with E-state index in [0.717, 1.165) is 36.9 Å². The van der Waals surface area contributed by atoms with Gasteiger partial charge < -0.3 is 5.32 Å². The fraction of sp³-hybridized carbons (Fsp3) is 0.571. The summed E-state index contributed by atoms with van der Waals surface area (Å²) in [5, 5.41) is 3.35. The molecule has 5 heteroatoms. The number of nitrogens with one attached hydrogen (secondary N) is 2. The largest absolute Gasteiger partial charge is 0.385 e. The molecule has 19 heavy (non-hydrogen) atoms. The van der Waals surface area contributed by atoms with Crippen LogP contribution < -0.4 is 10.0 Å². The second-order valence-corrected chi connectivity index (χ2v) is 7.49. The van der Waals surface area contributed by atoms with Gasteiger partial charge in [-0.1, -0.05) is 6.92 Å². The van der Waals surface area contributed by atoms with Gasteiger partial charge in [-0.05, 0) is 55.4 Å². The van der Waals surface area contributed by atoms with Crippen LogP contribution in [-0.2, 0) is 10.0 Å². The van der Waals surface area contributed by atoms with Crippen LogP contribution in [0.3, 0.4) is 0 Å². The summed E-state index contributed by atoms with van der Waals surface area (Å²) in [7, 11) is -3.32.